The Morgan fingerprint density at radius 1 is 0.426 bits per heavy atom. The zero-order valence-corrected chi connectivity index (χ0v) is 65.3. The first-order valence-electron chi connectivity index (χ1n) is 41.3. The molecule has 1 aromatic rings. The van der Waals surface area contributed by atoms with Crippen LogP contribution in [0.4, 0.5) is 0 Å². The van der Waals surface area contributed by atoms with Crippen LogP contribution in [-0.2, 0) is 75.0 Å². The summed E-state index contributed by atoms with van der Waals surface area (Å²) in [6, 6.07) is 5.16. The fourth-order valence-electron chi connectivity index (χ4n) is 22.0. The Morgan fingerprint density at radius 3 is 1.28 bits per heavy atom. The van der Waals surface area contributed by atoms with Gasteiger partial charge in [-0.25, -0.2) is 0 Å². The number of rotatable bonds is 44. The van der Waals surface area contributed by atoms with Gasteiger partial charge in [0, 0.05) is 20.3 Å². The van der Waals surface area contributed by atoms with Gasteiger partial charge in [0.1, 0.15) is 38.4 Å². The van der Waals surface area contributed by atoms with Crippen molar-refractivity contribution in [2.24, 2.45) is 92.7 Å². The molecule has 0 saturated heterocycles. The minimum Gasteiger partial charge on any atom is -0.491 e. The van der Waals surface area contributed by atoms with Crippen LogP contribution in [0.3, 0.4) is 0 Å². The van der Waals surface area contributed by atoms with E-state index in [0.29, 0.717) is 96.6 Å². The summed E-state index contributed by atoms with van der Waals surface area (Å²) in [7, 11) is 1.62. The van der Waals surface area contributed by atoms with Crippen LogP contribution in [0.2, 0.25) is 0 Å². The molecule has 8 aliphatic carbocycles. The molecular formula is C87H140O14. The summed E-state index contributed by atoms with van der Waals surface area (Å²) in [4.78, 5) is 51.3. The Morgan fingerprint density at radius 2 is 0.842 bits per heavy atom. The minimum absolute atomic E-state index is 0.156. The lowest BCUT2D eigenvalue weighted by molar-refractivity contribution is -0.157. The smallest absolute Gasteiger partial charge is 0.317 e. The average molecular weight is 1410 g/mol. The Hall–Kier alpha value is -3.82. The lowest BCUT2D eigenvalue weighted by Crippen LogP contribution is -2.51. The highest BCUT2D eigenvalue weighted by Crippen LogP contribution is 2.69. The molecule has 0 aliphatic heterocycles. The molecule has 8 aliphatic rings. The van der Waals surface area contributed by atoms with Gasteiger partial charge in [-0.05, 0) is 263 Å². The Labute approximate surface area is 611 Å². The fourth-order valence-corrected chi connectivity index (χ4v) is 22.0. The summed E-state index contributed by atoms with van der Waals surface area (Å²) in [6.07, 6.45) is 41.2. The third-order valence-corrected chi connectivity index (χ3v) is 27.5. The van der Waals surface area contributed by atoms with Gasteiger partial charge in [0.05, 0.1) is 58.5 Å². The lowest BCUT2D eigenvalue weighted by Gasteiger charge is -2.58. The summed E-state index contributed by atoms with van der Waals surface area (Å²) in [5.74, 6) is 7.89. The van der Waals surface area contributed by atoms with Crippen molar-refractivity contribution in [1.82, 2.24) is 0 Å². The second-order valence-electron chi connectivity index (χ2n) is 35.0. The van der Waals surface area contributed by atoms with Gasteiger partial charge < -0.3 is 47.4 Å². The quantitative estimate of drug-likeness (QED) is 0.0200. The zero-order valence-electron chi connectivity index (χ0n) is 65.3. The molecule has 0 radical (unpaired) electrons. The molecule has 6 fully saturated rings. The number of fused-ring (bicyclic) bond motifs is 10. The normalized spacial score (nSPS) is 30.9. The molecule has 0 unspecified atom stereocenters. The molecule has 0 spiro atoms. The van der Waals surface area contributed by atoms with Crippen LogP contribution in [0.25, 0.3) is 0 Å². The molecule has 9 rings (SSSR count). The van der Waals surface area contributed by atoms with Gasteiger partial charge in [-0.15, -0.1) is 0 Å². The predicted octanol–water partition coefficient (Wildman–Crippen LogP) is 19.7. The number of esters is 4. The van der Waals surface area contributed by atoms with E-state index < -0.39 is 36.7 Å². The summed E-state index contributed by atoms with van der Waals surface area (Å²) in [5, 5.41) is 0. The third kappa shape index (κ3) is 22.4. The Balaban J connectivity index is 0.614. The Bertz CT molecular complexity index is 2620. The average Bonchev–Trinajstić information content (AvgIpc) is 1.70. The molecule has 16 atom stereocenters. The predicted molar refractivity (Wildman–Crippen MR) is 399 cm³/mol. The maximum absolute atomic E-state index is 12.9. The van der Waals surface area contributed by atoms with E-state index in [-0.39, 0.29) is 33.0 Å². The monoisotopic (exact) mass is 1410 g/mol. The second kappa shape index (κ2) is 39.7. The molecule has 572 valence electrons. The molecule has 0 bridgehead atoms. The van der Waals surface area contributed by atoms with Crippen molar-refractivity contribution in [2.75, 3.05) is 73.2 Å². The summed E-state index contributed by atoms with van der Waals surface area (Å²) >= 11 is 0. The molecule has 1 aromatic carbocycles. The first-order chi connectivity index (χ1) is 48.6. The van der Waals surface area contributed by atoms with E-state index in [1.54, 1.807) is 36.5 Å². The van der Waals surface area contributed by atoms with Crippen molar-refractivity contribution < 1.29 is 66.5 Å². The second-order valence-corrected chi connectivity index (χ2v) is 35.0. The standard InChI is InChI=1S/C87H140O14/c1-61(2)22-20-24-63(5)74-30-32-76-72-28-26-67-55-69(34-38-84(67,7)78(72)36-40-86(74,76)9)95-42-16-12-14-18-44-98-80(88)57-82(90)100-59-65-52-66(54-71(53-65)97-51-50-94-49-48-93-47-46-92-11)60-101-83(91)58-81(89)99-45-19-15-13-17-43-96-70-35-39-85(8)68(56-70)27-29-73-77-33-31-75(64(6)25-21-23-62(3)4)87(77,10)41-37-79(73)85/h26-27,52-54,61-64,69-70,72-79H,12-25,28-51,55-60H2,1-11H3/t63-,64-,69+,70+,72+,73+,74-,75-,76+,77+,78+,79+,84+,85+,86-,87-/m1/s1. The lowest BCUT2D eigenvalue weighted by atomic mass is 9.47. The van der Waals surface area contributed by atoms with E-state index in [4.69, 9.17) is 47.4 Å². The molecule has 14 nitrogen and oxygen atoms in total. The number of ether oxygens (including phenoxy) is 10. The van der Waals surface area contributed by atoms with Crippen molar-refractivity contribution in [3.05, 3.63) is 52.6 Å². The van der Waals surface area contributed by atoms with Gasteiger partial charge in [-0.2, -0.15) is 0 Å². The number of benzene rings is 1. The van der Waals surface area contributed by atoms with Gasteiger partial charge in [0.25, 0.3) is 0 Å². The number of unbranched alkanes of at least 4 members (excludes halogenated alkanes) is 6. The van der Waals surface area contributed by atoms with Crippen LogP contribution in [0.5, 0.6) is 5.75 Å². The molecule has 101 heavy (non-hydrogen) atoms. The summed E-state index contributed by atoms with van der Waals surface area (Å²) in [5.41, 5.74) is 6.15. The number of allylic oxidation sites excluding steroid dienone is 2. The van der Waals surface area contributed by atoms with E-state index in [1.165, 1.54) is 116 Å². The molecule has 0 aromatic heterocycles. The first kappa shape index (κ1) is 81.3. The van der Waals surface area contributed by atoms with Crippen LogP contribution >= 0.6 is 0 Å². The third-order valence-electron chi connectivity index (χ3n) is 27.5. The Kier molecular flexibility index (Phi) is 31.9. The van der Waals surface area contributed by atoms with E-state index in [2.05, 4.69) is 81.4 Å². The minimum atomic E-state index is -0.717. The van der Waals surface area contributed by atoms with Gasteiger partial charge in [-0.3, -0.25) is 19.2 Å². The highest BCUT2D eigenvalue weighted by Gasteiger charge is 2.61. The van der Waals surface area contributed by atoms with Crippen LogP contribution in [0.15, 0.2) is 41.5 Å². The van der Waals surface area contributed by atoms with Crippen LogP contribution < -0.4 is 4.74 Å². The highest BCUT2D eigenvalue weighted by molar-refractivity contribution is 5.91. The SMILES string of the molecule is COCCOCCOCCOc1cc(COC(=O)CC(=O)OCCCCCCO[C@H]2CC[C@@]3(C)C(=CC[C@H]4[C@@H]5CC[C@H]([C@H](C)CCCC(C)C)[C@@]5(C)CC[C@@H]43)C2)cc(COC(=O)CC(=O)OCCCCCCO[C@H]2CC[C@@]3(C)C(=CC[C@H]4[C@@H]5CC[C@H]([C@H](C)CCCC(C)C)[C@@]5(C)CC[C@@H]43)C2)c1. The van der Waals surface area contributed by atoms with E-state index in [0.717, 1.165) is 148 Å². The molecule has 0 heterocycles. The number of hydrogen-bond donors (Lipinski definition) is 0. The number of hydrogen-bond acceptors (Lipinski definition) is 14. The van der Waals surface area contributed by atoms with E-state index in [9.17, 15) is 19.2 Å². The summed E-state index contributed by atoms with van der Waals surface area (Å²) in [6.45, 7) is 29.2. The number of carbonyl (C=O) groups excluding carboxylic acids is 4. The zero-order chi connectivity index (χ0) is 72.0. The fraction of sp³-hybridized carbons (Fsp3) is 0.839. The largest absolute Gasteiger partial charge is 0.491 e. The van der Waals surface area contributed by atoms with Crippen molar-refractivity contribution in [3.63, 3.8) is 0 Å². The van der Waals surface area contributed by atoms with Crippen molar-refractivity contribution in [2.45, 2.75) is 300 Å². The molecular weight excluding hydrogens is 1270 g/mol. The van der Waals surface area contributed by atoms with E-state index >= 15 is 0 Å². The van der Waals surface area contributed by atoms with Gasteiger partial charge in [0.2, 0.25) is 0 Å². The van der Waals surface area contributed by atoms with Crippen LogP contribution in [-0.4, -0.2) is 109 Å². The van der Waals surface area contributed by atoms with Crippen LogP contribution in [0.1, 0.15) is 286 Å². The van der Waals surface area contributed by atoms with Gasteiger partial charge in [-0.1, -0.05) is 144 Å². The molecule has 14 heteroatoms. The number of methoxy groups -OCH3 is 1. The highest BCUT2D eigenvalue weighted by atomic mass is 16.6. The van der Waals surface area contributed by atoms with Crippen molar-refractivity contribution in [1.29, 1.82) is 0 Å². The molecule has 6 saturated carbocycles. The number of carbonyl (C=O) groups is 4. The maximum Gasteiger partial charge on any atom is 0.317 e. The van der Waals surface area contributed by atoms with Crippen molar-refractivity contribution >= 4 is 23.9 Å². The van der Waals surface area contributed by atoms with Gasteiger partial charge >= 0.3 is 23.9 Å². The molecule has 0 N–H and O–H groups in total. The first-order valence-corrected chi connectivity index (χ1v) is 41.3. The van der Waals surface area contributed by atoms with Gasteiger partial charge in [0.15, 0.2) is 0 Å². The summed E-state index contributed by atoms with van der Waals surface area (Å²) < 4.78 is 57.2. The van der Waals surface area contributed by atoms with E-state index in [1.807, 2.05) is 0 Å². The maximum atomic E-state index is 12.9. The van der Waals surface area contributed by atoms with Crippen molar-refractivity contribution in [3.8, 4) is 5.75 Å². The van der Waals surface area contributed by atoms with Crippen LogP contribution in [0, 0.1) is 92.7 Å². The molecule has 0 amide bonds. The topological polar surface area (TPSA) is 161 Å².